The Morgan fingerprint density at radius 1 is 1.33 bits per heavy atom. The average molecular weight is 261 g/mol. The van der Waals surface area contributed by atoms with Crippen LogP contribution in [0.5, 0.6) is 0 Å². The summed E-state index contributed by atoms with van der Waals surface area (Å²) >= 11 is 0. The SMILES string of the molecule is O=C(NCC1CC1)c1cc(C(F)(F)F)ccc1F. The summed E-state index contributed by atoms with van der Waals surface area (Å²) in [6.45, 7) is 0.383. The first-order chi connectivity index (χ1) is 8.38. The lowest BCUT2D eigenvalue weighted by Gasteiger charge is -2.10. The summed E-state index contributed by atoms with van der Waals surface area (Å²) in [4.78, 5) is 11.6. The fraction of sp³-hybridized carbons (Fsp3) is 0.417. The highest BCUT2D eigenvalue weighted by atomic mass is 19.4. The first kappa shape index (κ1) is 12.9. The zero-order chi connectivity index (χ0) is 13.3. The molecule has 0 atom stereocenters. The van der Waals surface area contributed by atoms with E-state index in [4.69, 9.17) is 0 Å². The molecular weight excluding hydrogens is 250 g/mol. The van der Waals surface area contributed by atoms with Gasteiger partial charge in [0.05, 0.1) is 11.1 Å². The van der Waals surface area contributed by atoms with Crippen LogP contribution in [0, 0.1) is 11.7 Å². The topological polar surface area (TPSA) is 29.1 Å². The predicted molar refractivity (Wildman–Crippen MR) is 56.5 cm³/mol. The molecule has 1 aliphatic carbocycles. The van der Waals surface area contributed by atoms with Gasteiger partial charge in [0.15, 0.2) is 0 Å². The first-order valence-electron chi connectivity index (χ1n) is 5.53. The fourth-order valence-corrected chi connectivity index (χ4v) is 1.53. The predicted octanol–water partition coefficient (Wildman–Crippen LogP) is 2.98. The van der Waals surface area contributed by atoms with Crippen molar-refractivity contribution in [1.29, 1.82) is 0 Å². The van der Waals surface area contributed by atoms with E-state index in [2.05, 4.69) is 5.32 Å². The second-order valence-corrected chi connectivity index (χ2v) is 4.35. The fourth-order valence-electron chi connectivity index (χ4n) is 1.53. The van der Waals surface area contributed by atoms with E-state index in [0.29, 0.717) is 30.7 Å². The van der Waals surface area contributed by atoms with Crippen LogP contribution in [-0.4, -0.2) is 12.5 Å². The van der Waals surface area contributed by atoms with E-state index >= 15 is 0 Å². The van der Waals surface area contributed by atoms with Crippen LogP contribution in [0.25, 0.3) is 0 Å². The number of alkyl halides is 3. The molecular formula is C12H11F4NO. The van der Waals surface area contributed by atoms with Crippen LogP contribution in [0.1, 0.15) is 28.8 Å². The molecule has 18 heavy (non-hydrogen) atoms. The van der Waals surface area contributed by atoms with Crippen LogP contribution >= 0.6 is 0 Å². The van der Waals surface area contributed by atoms with E-state index in [1.807, 2.05) is 0 Å². The van der Waals surface area contributed by atoms with Crippen molar-refractivity contribution in [3.05, 3.63) is 35.1 Å². The molecule has 0 spiro atoms. The van der Waals surface area contributed by atoms with Crippen molar-refractivity contribution in [3.8, 4) is 0 Å². The quantitative estimate of drug-likeness (QED) is 0.833. The van der Waals surface area contributed by atoms with Gasteiger partial charge < -0.3 is 5.32 Å². The molecule has 0 radical (unpaired) electrons. The average Bonchev–Trinajstić information content (AvgIpc) is 3.08. The van der Waals surface area contributed by atoms with Crippen molar-refractivity contribution >= 4 is 5.91 Å². The van der Waals surface area contributed by atoms with Gasteiger partial charge in [-0.1, -0.05) is 0 Å². The van der Waals surface area contributed by atoms with E-state index in [-0.39, 0.29) is 0 Å². The van der Waals surface area contributed by atoms with Gasteiger partial charge in [0.1, 0.15) is 5.82 Å². The summed E-state index contributed by atoms with van der Waals surface area (Å²) in [5.74, 6) is -1.37. The van der Waals surface area contributed by atoms with Crippen molar-refractivity contribution in [3.63, 3.8) is 0 Å². The molecule has 2 nitrogen and oxygen atoms in total. The Kier molecular flexibility index (Phi) is 3.28. The van der Waals surface area contributed by atoms with Gasteiger partial charge in [-0.2, -0.15) is 13.2 Å². The van der Waals surface area contributed by atoms with E-state index in [1.165, 1.54) is 0 Å². The Bertz CT molecular complexity index is 466. The van der Waals surface area contributed by atoms with Crippen LogP contribution in [-0.2, 0) is 6.18 Å². The number of carbonyl (C=O) groups excluding carboxylic acids is 1. The van der Waals surface area contributed by atoms with E-state index in [1.54, 1.807) is 0 Å². The van der Waals surface area contributed by atoms with Crippen LogP contribution in [0.2, 0.25) is 0 Å². The number of hydrogen-bond acceptors (Lipinski definition) is 1. The molecule has 0 aliphatic heterocycles. The van der Waals surface area contributed by atoms with Crippen molar-refractivity contribution in [1.82, 2.24) is 5.32 Å². The summed E-state index contributed by atoms with van der Waals surface area (Å²) in [7, 11) is 0. The van der Waals surface area contributed by atoms with Gasteiger partial charge in [0, 0.05) is 6.54 Å². The molecule has 6 heteroatoms. The number of rotatable bonds is 3. The number of halogens is 4. The molecule has 1 N–H and O–H groups in total. The lowest BCUT2D eigenvalue weighted by Crippen LogP contribution is -2.26. The van der Waals surface area contributed by atoms with Gasteiger partial charge in [-0.05, 0) is 37.0 Å². The summed E-state index contributed by atoms with van der Waals surface area (Å²) in [5.41, 5.74) is -1.59. The van der Waals surface area contributed by atoms with Crippen molar-refractivity contribution in [2.45, 2.75) is 19.0 Å². The number of nitrogens with one attached hydrogen (secondary N) is 1. The molecule has 1 fully saturated rings. The molecule has 1 aliphatic rings. The summed E-state index contributed by atoms with van der Waals surface area (Å²) in [6, 6.07) is 1.82. The maximum Gasteiger partial charge on any atom is 0.416 e. The Morgan fingerprint density at radius 3 is 2.56 bits per heavy atom. The second kappa shape index (κ2) is 4.59. The van der Waals surface area contributed by atoms with Crippen LogP contribution in [0.3, 0.4) is 0 Å². The second-order valence-electron chi connectivity index (χ2n) is 4.35. The summed E-state index contributed by atoms with van der Waals surface area (Å²) < 4.78 is 50.6. The number of hydrogen-bond donors (Lipinski definition) is 1. The first-order valence-corrected chi connectivity index (χ1v) is 5.53. The Morgan fingerprint density at radius 2 is 2.00 bits per heavy atom. The Hall–Kier alpha value is -1.59. The molecule has 2 rings (SSSR count). The molecule has 98 valence electrons. The summed E-state index contributed by atoms with van der Waals surface area (Å²) in [6.07, 6.45) is -2.60. The largest absolute Gasteiger partial charge is 0.416 e. The van der Waals surface area contributed by atoms with Crippen LogP contribution in [0.4, 0.5) is 17.6 Å². The molecule has 1 saturated carbocycles. The van der Waals surface area contributed by atoms with Crippen molar-refractivity contribution < 1.29 is 22.4 Å². The van der Waals surface area contributed by atoms with Crippen LogP contribution < -0.4 is 5.32 Å². The number of carbonyl (C=O) groups is 1. The molecule has 1 aromatic carbocycles. The van der Waals surface area contributed by atoms with E-state index in [9.17, 15) is 22.4 Å². The van der Waals surface area contributed by atoms with Gasteiger partial charge in [-0.25, -0.2) is 4.39 Å². The number of benzene rings is 1. The third-order valence-electron chi connectivity index (χ3n) is 2.79. The van der Waals surface area contributed by atoms with E-state index in [0.717, 1.165) is 12.8 Å². The monoisotopic (exact) mass is 261 g/mol. The lowest BCUT2D eigenvalue weighted by molar-refractivity contribution is -0.137. The molecule has 0 unspecified atom stereocenters. The zero-order valence-corrected chi connectivity index (χ0v) is 9.35. The third kappa shape index (κ3) is 3.00. The summed E-state index contributed by atoms with van der Waals surface area (Å²) in [5, 5.41) is 2.43. The minimum atomic E-state index is -4.58. The minimum Gasteiger partial charge on any atom is -0.352 e. The molecule has 0 bridgehead atoms. The third-order valence-corrected chi connectivity index (χ3v) is 2.79. The lowest BCUT2D eigenvalue weighted by atomic mass is 10.1. The highest BCUT2D eigenvalue weighted by molar-refractivity contribution is 5.94. The maximum atomic E-state index is 13.3. The zero-order valence-electron chi connectivity index (χ0n) is 9.35. The Balaban J connectivity index is 2.16. The van der Waals surface area contributed by atoms with Gasteiger partial charge in [-0.15, -0.1) is 0 Å². The highest BCUT2D eigenvalue weighted by Crippen LogP contribution is 2.30. The van der Waals surface area contributed by atoms with Gasteiger partial charge in [0.25, 0.3) is 5.91 Å². The number of amides is 1. The van der Waals surface area contributed by atoms with Gasteiger partial charge >= 0.3 is 6.18 Å². The van der Waals surface area contributed by atoms with E-state index < -0.39 is 29.0 Å². The van der Waals surface area contributed by atoms with Gasteiger partial charge in [0.2, 0.25) is 0 Å². The molecule has 1 amide bonds. The standard InChI is InChI=1S/C12H11F4NO/c13-10-4-3-8(12(14,15)16)5-9(10)11(18)17-6-7-1-2-7/h3-5,7H,1-2,6H2,(H,17,18). The Labute approximate surface area is 101 Å². The molecule has 0 saturated heterocycles. The molecule has 1 aromatic rings. The highest BCUT2D eigenvalue weighted by Gasteiger charge is 2.32. The minimum absolute atomic E-state index is 0.378. The van der Waals surface area contributed by atoms with Crippen molar-refractivity contribution in [2.75, 3.05) is 6.54 Å². The smallest absolute Gasteiger partial charge is 0.352 e. The van der Waals surface area contributed by atoms with Gasteiger partial charge in [-0.3, -0.25) is 4.79 Å². The normalized spacial score (nSPS) is 15.6. The molecule has 0 heterocycles. The van der Waals surface area contributed by atoms with Crippen molar-refractivity contribution in [2.24, 2.45) is 5.92 Å². The maximum absolute atomic E-state index is 13.3. The molecule has 0 aromatic heterocycles. The van der Waals surface area contributed by atoms with Crippen LogP contribution in [0.15, 0.2) is 18.2 Å².